The number of nitrogens with zero attached hydrogens (tertiary/aromatic N) is 2. The van der Waals surface area contributed by atoms with Gasteiger partial charge in [-0.1, -0.05) is 0 Å². The quantitative estimate of drug-likeness (QED) is 0.773. The zero-order valence-corrected chi connectivity index (χ0v) is 11.0. The van der Waals surface area contributed by atoms with E-state index in [0.29, 0.717) is 19.1 Å². The first kappa shape index (κ1) is 12.7. The van der Waals surface area contributed by atoms with Gasteiger partial charge in [0.15, 0.2) is 0 Å². The molecule has 2 amide bonds. The second kappa shape index (κ2) is 5.00. The maximum absolute atomic E-state index is 12.1. The molecule has 6 heteroatoms. The Kier molecular flexibility index (Phi) is 3.35. The molecule has 2 N–H and O–H groups in total. The zero-order valence-electron chi connectivity index (χ0n) is 11.0. The van der Waals surface area contributed by atoms with Crippen molar-refractivity contribution in [2.75, 3.05) is 26.2 Å². The van der Waals surface area contributed by atoms with E-state index in [1.807, 2.05) is 0 Å². The van der Waals surface area contributed by atoms with Gasteiger partial charge in [0, 0.05) is 37.6 Å². The van der Waals surface area contributed by atoms with Gasteiger partial charge in [0.05, 0.1) is 6.42 Å². The van der Waals surface area contributed by atoms with Crippen LogP contribution in [-0.4, -0.2) is 65.2 Å². The van der Waals surface area contributed by atoms with Crippen molar-refractivity contribution in [1.82, 2.24) is 15.1 Å². The van der Waals surface area contributed by atoms with Crippen molar-refractivity contribution >= 4 is 12.0 Å². The Morgan fingerprint density at radius 3 is 2.74 bits per heavy atom. The lowest BCUT2D eigenvalue weighted by Crippen LogP contribution is -2.57. The average Bonchev–Trinajstić information content (AvgIpc) is 2.87. The van der Waals surface area contributed by atoms with Gasteiger partial charge in [0.25, 0.3) is 0 Å². The molecule has 0 spiro atoms. The van der Waals surface area contributed by atoms with Crippen LogP contribution in [0.5, 0.6) is 0 Å². The Hall–Kier alpha value is -1.30. The van der Waals surface area contributed by atoms with Crippen molar-refractivity contribution in [3.05, 3.63) is 0 Å². The maximum atomic E-state index is 12.1. The number of amides is 2. The normalized spacial score (nSPS) is 31.1. The zero-order chi connectivity index (χ0) is 13.4. The van der Waals surface area contributed by atoms with Crippen LogP contribution in [0.25, 0.3) is 0 Å². The molecular formula is C13H21N3O3. The van der Waals surface area contributed by atoms with Crippen LogP contribution < -0.4 is 5.32 Å². The predicted octanol–water partition coefficient (Wildman–Crippen LogP) is 0.339. The van der Waals surface area contributed by atoms with Crippen molar-refractivity contribution in [2.24, 2.45) is 5.92 Å². The molecule has 2 unspecified atom stereocenters. The maximum Gasteiger partial charge on any atom is 0.317 e. The van der Waals surface area contributed by atoms with Crippen LogP contribution in [0.15, 0.2) is 0 Å². The fourth-order valence-electron chi connectivity index (χ4n) is 3.61. The highest BCUT2D eigenvalue weighted by atomic mass is 16.4. The van der Waals surface area contributed by atoms with E-state index in [-0.39, 0.29) is 24.4 Å². The highest BCUT2D eigenvalue weighted by molar-refractivity contribution is 5.76. The van der Waals surface area contributed by atoms with E-state index in [4.69, 9.17) is 5.11 Å². The van der Waals surface area contributed by atoms with E-state index in [1.165, 1.54) is 19.4 Å². The fourth-order valence-corrected chi connectivity index (χ4v) is 3.61. The monoisotopic (exact) mass is 267 g/mol. The van der Waals surface area contributed by atoms with Gasteiger partial charge in [-0.05, 0) is 25.8 Å². The lowest BCUT2D eigenvalue weighted by atomic mass is 9.97. The molecule has 0 aliphatic carbocycles. The number of likely N-dealkylation sites (tertiary alicyclic amines) is 1. The molecule has 6 nitrogen and oxygen atoms in total. The molecule has 0 aromatic rings. The minimum atomic E-state index is -0.776. The minimum absolute atomic E-state index is 0.0135. The number of hydrogen-bond acceptors (Lipinski definition) is 3. The highest BCUT2D eigenvalue weighted by Gasteiger charge is 2.40. The van der Waals surface area contributed by atoms with Crippen LogP contribution in [0, 0.1) is 5.92 Å². The topological polar surface area (TPSA) is 72.9 Å². The van der Waals surface area contributed by atoms with Gasteiger partial charge >= 0.3 is 12.0 Å². The molecule has 3 saturated heterocycles. The summed E-state index contributed by atoms with van der Waals surface area (Å²) in [5.41, 5.74) is 0. The van der Waals surface area contributed by atoms with Crippen LogP contribution in [0.1, 0.15) is 25.7 Å². The summed E-state index contributed by atoms with van der Waals surface area (Å²) in [6.07, 6.45) is 3.64. The third kappa shape index (κ3) is 2.54. The third-order valence-corrected chi connectivity index (χ3v) is 4.62. The molecule has 3 rings (SSSR count). The molecule has 106 valence electrons. The molecule has 3 heterocycles. The fraction of sp³-hybridized carbons (Fsp3) is 0.846. The van der Waals surface area contributed by atoms with Gasteiger partial charge in [-0.2, -0.15) is 0 Å². The van der Waals surface area contributed by atoms with Crippen molar-refractivity contribution in [3.63, 3.8) is 0 Å². The summed E-state index contributed by atoms with van der Waals surface area (Å²) >= 11 is 0. The first-order valence-corrected chi connectivity index (χ1v) is 7.15. The molecule has 0 aromatic carbocycles. The van der Waals surface area contributed by atoms with Crippen LogP contribution in [0.4, 0.5) is 4.79 Å². The van der Waals surface area contributed by atoms with E-state index in [0.717, 1.165) is 13.0 Å². The molecule has 3 aliphatic heterocycles. The molecule has 0 aromatic heterocycles. The van der Waals surface area contributed by atoms with Gasteiger partial charge in [-0.25, -0.2) is 4.79 Å². The molecule has 19 heavy (non-hydrogen) atoms. The van der Waals surface area contributed by atoms with Crippen LogP contribution >= 0.6 is 0 Å². The lowest BCUT2D eigenvalue weighted by molar-refractivity contribution is -0.139. The number of carbonyl (C=O) groups is 2. The van der Waals surface area contributed by atoms with Crippen molar-refractivity contribution < 1.29 is 14.7 Å². The second-order valence-corrected chi connectivity index (χ2v) is 5.96. The number of rotatable bonds is 3. The standard InChI is InChI=1S/C13H21N3O3/c17-12(18)6-9-7-16(8-9)13(19)14-10-3-5-15-4-1-2-11(10)15/h9-11H,1-8H2,(H,14,19)(H,17,18). The van der Waals surface area contributed by atoms with Gasteiger partial charge in [0.1, 0.15) is 0 Å². The Morgan fingerprint density at radius 2 is 2.00 bits per heavy atom. The summed E-state index contributed by atoms with van der Waals surface area (Å²) in [6.45, 7) is 3.43. The lowest BCUT2D eigenvalue weighted by Gasteiger charge is -2.39. The van der Waals surface area contributed by atoms with Gasteiger partial charge in [-0.3, -0.25) is 9.69 Å². The third-order valence-electron chi connectivity index (χ3n) is 4.62. The number of urea groups is 1. The number of carboxylic acids is 1. The van der Waals surface area contributed by atoms with E-state index in [1.54, 1.807) is 4.90 Å². The second-order valence-electron chi connectivity index (χ2n) is 5.96. The Bertz CT molecular complexity index is 381. The number of fused-ring (bicyclic) bond motifs is 1. The Labute approximate surface area is 112 Å². The van der Waals surface area contributed by atoms with Gasteiger partial charge in [-0.15, -0.1) is 0 Å². The summed E-state index contributed by atoms with van der Waals surface area (Å²) in [7, 11) is 0. The summed E-state index contributed by atoms with van der Waals surface area (Å²) in [5, 5.41) is 11.8. The van der Waals surface area contributed by atoms with E-state index >= 15 is 0 Å². The summed E-state index contributed by atoms with van der Waals surface area (Å²) < 4.78 is 0. The van der Waals surface area contributed by atoms with Crippen molar-refractivity contribution in [3.8, 4) is 0 Å². The first-order chi connectivity index (χ1) is 9.13. The number of hydrogen-bond donors (Lipinski definition) is 2. The largest absolute Gasteiger partial charge is 0.481 e. The number of carbonyl (C=O) groups excluding carboxylic acids is 1. The SMILES string of the molecule is O=C(O)CC1CN(C(=O)NC2CCN3CCCC23)C1. The first-order valence-electron chi connectivity index (χ1n) is 7.15. The molecule has 0 bridgehead atoms. The highest BCUT2D eigenvalue weighted by Crippen LogP contribution is 2.28. The van der Waals surface area contributed by atoms with Crippen molar-refractivity contribution in [1.29, 1.82) is 0 Å². The average molecular weight is 267 g/mol. The minimum Gasteiger partial charge on any atom is -0.481 e. The molecule has 3 aliphatic rings. The summed E-state index contributed by atoms with van der Waals surface area (Å²) in [5.74, 6) is -0.641. The molecular weight excluding hydrogens is 246 g/mol. The van der Waals surface area contributed by atoms with Crippen LogP contribution in [0.3, 0.4) is 0 Å². The van der Waals surface area contributed by atoms with Crippen molar-refractivity contribution in [2.45, 2.75) is 37.8 Å². The number of carboxylic acid groups (broad SMARTS) is 1. The van der Waals surface area contributed by atoms with E-state index in [2.05, 4.69) is 10.2 Å². The van der Waals surface area contributed by atoms with Gasteiger partial charge < -0.3 is 15.3 Å². The molecule has 2 atom stereocenters. The molecule has 0 radical (unpaired) electrons. The summed E-state index contributed by atoms with van der Waals surface area (Å²) in [6, 6.07) is 0.800. The Morgan fingerprint density at radius 1 is 1.21 bits per heavy atom. The van der Waals surface area contributed by atoms with E-state index < -0.39 is 5.97 Å². The summed E-state index contributed by atoms with van der Waals surface area (Å²) in [4.78, 5) is 26.8. The smallest absolute Gasteiger partial charge is 0.317 e. The number of nitrogens with one attached hydrogen (secondary N) is 1. The van der Waals surface area contributed by atoms with Crippen LogP contribution in [0.2, 0.25) is 0 Å². The Balaban J connectivity index is 1.44. The molecule has 0 saturated carbocycles. The number of aliphatic carboxylic acids is 1. The van der Waals surface area contributed by atoms with E-state index in [9.17, 15) is 9.59 Å². The van der Waals surface area contributed by atoms with Gasteiger partial charge in [0.2, 0.25) is 0 Å². The van der Waals surface area contributed by atoms with Crippen LogP contribution in [-0.2, 0) is 4.79 Å². The predicted molar refractivity (Wildman–Crippen MR) is 68.8 cm³/mol. The molecule has 3 fully saturated rings.